The number of nitrogens with zero attached hydrogens (tertiary/aromatic N) is 2. The normalized spacial score (nSPS) is 23.4. The first-order valence-corrected chi connectivity index (χ1v) is 4.51. The molecule has 12 heavy (non-hydrogen) atoms. The van der Waals surface area contributed by atoms with Gasteiger partial charge in [-0.1, -0.05) is 0 Å². The van der Waals surface area contributed by atoms with Gasteiger partial charge in [-0.3, -0.25) is 0 Å². The van der Waals surface area contributed by atoms with Crippen LogP contribution in [0.25, 0.3) is 0 Å². The number of ether oxygens (including phenoxy) is 1. The number of hydrogen-bond acceptors (Lipinski definition) is 2. The van der Waals surface area contributed by atoms with Crippen LogP contribution in [0.3, 0.4) is 0 Å². The molecule has 0 amide bonds. The van der Waals surface area contributed by atoms with Gasteiger partial charge in [0.15, 0.2) is 0 Å². The predicted molar refractivity (Wildman–Crippen MR) is 44.2 cm³/mol. The average molecular weight is 164 g/mol. The van der Waals surface area contributed by atoms with Crippen LogP contribution in [0.2, 0.25) is 0 Å². The highest BCUT2D eigenvalue weighted by Gasteiger charge is 2.45. The second-order valence-corrected chi connectivity index (χ2v) is 3.93. The molecular formula is C9H12N2O. The van der Waals surface area contributed by atoms with Gasteiger partial charge in [0.25, 0.3) is 0 Å². The minimum atomic E-state index is 0.147. The maximum Gasteiger partial charge on any atom is 0.215 e. The van der Waals surface area contributed by atoms with Crippen LogP contribution in [-0.4, -0.2) is 15.4 Å². The Morgan fingerprint density at radius 2 is 2.42 bits per heavy atom. The van der Waals surface area contributed by atoms with Crippen molar-refractivity contribution in [2.24, 2.45) is 0 Å². The highest BCUT2D eigenvalue weighted by Crippen LogP contribution is 2.43. The smallest absolute Gasteiger partial charge is 0.215 e. The standard InChI is InChI=1S/C9H12N2O/c1-7-5-10-11-6-9(3-2-4-9)12-8(7)11/h5H,2-4,6H2,1H3. The van der Waals surface area contributed by atoms with Gasteiger partial charge in [0.2, 0.25) is 5.88 Å². The summed E-state index contributed by atoms with van der Waals surface area (Å²) in [5.74, 6) is 0.995. The Kier molecular flexibility index (Phi) is 1.000. The first-order chi connectivity index (χ1) is 5.79. The van der Waals surface area contributed by atoms with Crippen molar-refractivity contribution in [1.82, 2.24) is 9.78 Å². The molecule has 3 rings (SSSR count). The number of aryl methyl sites for hydroxylation is 1. The molecule has 1 aliphatic heterocycles. The van der Waals surface area contributed by atoms with E-state index in [2.05, 4.69) is 12.0 Å². The van der Waals surface area contributed by atoms with Gasteiger partial charge in [-0.05, 0) is 26.2 Å². The van der Waals surface area contributed by atoms with Crippen molar-refractivity contribution >= 4 is 0 Å². The van der Waals surface area contributed by atoms with Crippen molar-refractivity contribution in [3.63, 3.8) is 0 Å². The van der Waals surface area contributed by atoms with E-state index in [4.69, 9.17) is 4.74 Å². The lowest BCUT2D eigenvalue weighted by Gasteiger charge is -2.36. The average Bonchev–Trinajstić information content (AvgIpc) is 2.49. The van der Waals surface area contributed by atoms with E-state index < -0.39 is 0 Å². The van der Waals surface area contributed by atoms with Crippen LogP contribution in [0, 0.1) is 6.92 Å². The van der Waals surface area contributed by atoms with E-state index in [1.54, 1.807) is 0 Å². The minimum absolute atomic E-state index is 0.147. The highest BCUT2D eigenvalue weighted by atomic mass is 16.5. The summed E-state index contributed by atoms with van der Waals surface area (Å²) in [5, 5.41) is 4.27. The van der Waals surface area contributed by atoms with Crippen LogP contribution in [-0.2, 0) is 6.54 Å². The molecule has 1 saturated carbocycles. The summed E-state index contributed by atoms with van der Waals surface area (Å²) in [4.78, 5) is 0. The summed E-state index contributed by atoms with van der Waals surface area (Å²) in [6.45, 7) is 3.02. The minimum Gasteiger partial charge on any atom is -0.469 e. The summed E-state index contributed by atoms with van der Waals surface area (Å²) < 4.78 is 7.90. The zero-order valence-electron chi connectivity index (χ0n) is 7.21. The number of fused-ring (bicyclic) bond motifs is 1. The summed E-state index contributed by atoms with van der Waals surface area (Å²) in [6.07, 6.45) is 5.59. The van der Waals surface area contributed by atoms with Crippen molar-refractivity contribution in [3.8, 4) is 5.88 Å². The van der Waals surface area contributed by atoms with Gasteiger partial charge in [-0.25, -0.2) is 4.68 Å². The molecule has 0 N–H and O–H groups in total. The molecule has 1 fully saturated rings. The molecule has 1 aromatic heterocycles. The molecular weight excluding hydrogens is 152 g/mol. The molecule has 0 saturated heterocycles. The van der Waals surface area contributed by atoms with Crippen molar-refractivity contribution in [1.29, 1.82) is 0 Å². The van der Waals surface area contributed by atoms with E-state index in [0.717, 1.165) is 12.4 Å². The van der Waals surface area contributed by atoms with Crippen LogP contribution in [0.15, 0.2) is 6.20 Å². The highest BCUT2D eigenvalue weighted by molar-refractivity contribution is 5.27. The van der Waals surface area contributed by atoms with Gasteiger partial charge in [-0.2, -0.15) is 5.10 Å². The molecule has 2 aliphatic rings. The SMILES string of the molecule is Cc1cnn2c1OC1(CCC1)C2. The summed E-state index contributed by atoms with van der Waals surface area (Å²) >= 11 is 0. The van der Waals surface area contributed by atoms with Crippen LogP contribution < -0.4 is 4.74 Å². The molecule has 64 valence electrons. The second-order valence-electron chi connectivity index (χ2n) is 3.93. The Hall–Kier alpha value is -0.990. The predicted octanol–water partition coefficient (Wildman–Crippen LogP) is 1.51. The molecule has 1 aliphatic carbocycles. The van der Waals surface area contributed by atoms with E-state index in [1.165, 1.54) is 24.8 Å². The van der Waals surface area contributed by atoms with Gasteiger partial charge in [0.05, 0.1) is 12.7 Å². The number of aromatic nitrogens is 2. The Morgan fingerprint density at radius 1 is 1.58 bits per heavy atom. The summed E-state index contributed by atoms with van der Waals surface area (Å²) in [6, 6.07) is 0. The Morgan fingerprint density at radius 3 is 3.00 bits per heavy atom. The third kappa shape index (κ3) is 0.642. The molecule has 3 heteroatoms. The van der Waals surface area contributed by atoms with Crippen LogP contribution in [0.4, 0.5) is 0 Å². The molecule has 0 aromatic carbocycles. The summed E-state index contributed by atoms with van der Waals surface area (Å²) in [7, 11) is 0. The molecule has 0 bridgehead atoms. The topological polar surface area (TPSA) is 27.1 Å². The number of hydrogen-bond donors (Lipinski definition) is 0. The lowest BCUT2D eigenvalue weighted by Crippen LogP contribution is -2.42. The molecule has 0 atom stereocenters. The first-order valence-electron chi connectivity index (χ1n) is 4.51. The number of rotatable bonds is 0. The fraction of sp³-hybridized carbons (Fsp3) is 0.667. The molecule has 1 aromatic rings. The van der Waals surface area contributed by atoms with E-state index in [-0.39, 0.29) is 5.60 Å². The van der Waals surface area contributed by atoms with Crippen LogP contribution in [0.1, 0.15) is 24.8 Å². The fourth-order valence-corrected chi connectivity index (χ4v) is 2.05. The van der Waals surface area contributed by atoms with E-state index in [9.17, 15) is 0 Å². The molecule has 0 radical (unpaired) electrons. The van der Waals surface area contributed by atoms with Crippen LogP contribution in [0.5, 0.6) is 5.88 Å². The zero-order valence-corrected chi connectivity index (χ0v) is 7.21. The maximum absolute atomic E-state index is 5.90. The monoisotopic (exact) mass is 164 g/mol. The third-order valence-corrected chi connectivity index (χ3v) is 2.98. The zero-order chi connectivity index (χ0) is 8.18. The van der Waals surface area contributed by atoms with Crippen molar-refractivity contribution in [2.45, 2.75) is 38.3 Å². The Bertz CT molecular complexity index is 325. The lowest BCUT2D eigenvalue weighted by atomic mass is 9.80. The van der Waals surface area contributed by atoms with Gasteiger partial charge in [0.1, 0.15) is 5.60 Å². The quantitative estimate of drug-likeness (QED) is 0.581. The van der Waals surface area contributed by atoms with E-state index in [1.807, 2.05) is 10.9 Å². The van der Waals surface area contributed by atoms with Gasteiger partial charge >= 0.3 is 0 Å². The Labute approximate surface area is 71.3 Å². The Balaban J connectivity index is 1.99. The molecule has 2 heterocycles. The third-order valence-electron chi connectivity index (χ3n) is 2.98. The molecule has 3 nitrogen and oxygen atoms in total. The fourth-order valence-electron chi connectivity index (χ4n) is 2.05. The second kappa shape index (κ2) is 1.84. The van der Waals surface area contributed by atoms with Gasteiger partial charge < -0.3 is 4.74 Å². The van der Waals surface area contributed by atoms with Gasteiger partial charge in [-0.15, -0.1) is 0 Å². The largest absolute Gasteiger partial charge is 0.469 e. The van der Waals surface area contributed by atoms with Crippen LogP contribution >= 0.6 is 0 Å². The molecule has 1 spiro atoms. The van der Waals surface area contributed by atoms with E-state index in [0.29, 0.717) is 0 Å². The van der Waals surface area contributed by atoms with Crippen molar-refractivity contribution in [2.75, 3.05) is 0 Å². The lowest BCUT2D eigenvalue weighted by molar-refractivity contribution is 0.0105. The van der Waals surface area contributed by atoms with Crippen molar-refractivity contribution in [3.05, 3.63) is 11.8 Å². The maximum atomic E-state index is 5.90. The van der Waals surface area contributed by atoms with Gasteiger partial charge in [0, 0.05) is 5.56 Å². The van der Waals surface area contributed by atoms with Crippen molar-refractivity contribution < 1.29 is 4.74 Å². The first kappa shape index (κ1) is 6.52. The molecule has 0 unspecified atom stereocenters. The summed E-state index contributed by atoms with van der Waals surface area (Å²) in [5.41, 5.74) is 1.31. The van der Waals surface area contributed by atoms with E-state index >= 15 is 0 Å².